The van der Waals surface area contributed by atoms with Gasteiger partial charge in [0.1, 0.15) is 0 Å². The molecular weight excluding hydrogens is 352 g/mol. The van der Waals surface area contributed by atoms with E-state index in [1.807, 2.05) is 24.4 Å². The Morgan fingerprint density at radius 1 is 0.962 bits per heavy atom. The lowest BCUT2D eigenvalue weighted by Gasteiger charge is -2.08. The van der Waals surface area contributed by atoms with Crippen molar-refractivity contribution in [1.29, 1.82) is 0 Å². The lowest BCUT2D eigenvalue weighted by Crippen LogP contribution is -2.42. The Balaban J connectivity index is 1.49. The number of nitrogens with one attached hydrogen (secondary N) is 2. The van der Waals surface area contributed by atoms with Gasteiger partial charge in [0, 0.05) is 23.0 Å². The molecule has 0 aliphatic rings. The predicted octanol–water partition coefficient (Wildman–Crippen LogP) is 2.59. The van der Waals surface area contributed by atoms with Gasteiger partial charge in [0.25, 0.3) is 5.91 Å². The number of carbonyl (C=O) groups is 2. The maximum Gasteiger partial charge on any atom is 0.269 e. The van der Waals surface area contributed by atoms with Crippen molar-refractivity contribution >= 4 is 23.4 Å². The van der Waals surface area contributed by atoms with Crippen LogP contribution < -0.4 is 10.9 Å². The van der Waals surface area contributed by atoms with Crippen LogP contribution >= 0.6 is 11.6 Å². The molecule has 1 heterocycles. The fraction of sp³-hybridized carbons (Fsp3) is 0.105. The molecule has 2 aromatic carbocycles. The molecule has 0 spiro atoms. The van der Waals surface area contributed by atoms with E-state index in [4.69, 9.17) is 11.6 Å². The van der Waals surface area contributed by atoms with Gasteiger partial charge in [-0.05, 0) is 41.5 Å². The quantitative estimate of drug-likeness (QED) is 0.680. The summed E-state index contributed by atoms with van der Waals surface area (Å²) < 4.78 is 1.80. The van der Waals surface area contributed by atoms with Crippen LogP contribution in [0, 0.1) is 0 Å². The van der Waals surface area contributed by atoms with Crippen LogP contribution in [-0.2, 0) is 17.8 Å². The van der Waals surface area contributed by atoms with E-state index in [9.17, 15) is 9.59 Å². The summed E-state index contributed by atoms with van der Waals surface area (Å²) in [7, 11) is 0. The van der Waals surface area contributed by atoms with E-state index < -0.39 is 0 Å². The maximum atomic E-state index is 12.1. The number of hydrogen-bond donors (Lipinski definition) is 2. The standard InChI is InChI=1S/C19H17ClN4O2/c20-17-8-4-14(5-9-17)12-18(25)22-23-19(26)16-6-2-15(3-7-16)13-24-11-1-10-21-24/h1-11H,12-13H2,(H,22,25)(H,23,26). The molecule has 0 aliphatic carbocycles. The summed E-state index contributed by atoms with van der Waals surface area (Å²) in [6.07, 6.45) is 3.74. The minimum atomic E-state index is -0.375. The predicted molar refractivity (Wildman–Crippen MR) is 98.5 cm³/mol. The average Bonchev–Trinajstić information content (AvgIpc) is 3.15. The van der Waals surface area contributed by atoms with Crippen molar-refractivity contribution in [2.75, 3.05) is 0 Å². The largest absolute Gasteiger partial charge is 0.273 e. The average molecular weight is 369 g/mol. The molecule has 132 valence electrons. The second-order valence-electron chi connectivity index (χ2n) is 5.71. The van der Waals surface area contributed by atoms with Gasteiger partial charge in [-0.2, -0.15) is 5.10 Å². The Bertz CT molecular complexity index is 875. The molecule has 0 bridgehead atoms. The molecule has 3 aromatic rings. The van der Waals surface area contributed by atoms with Crippen LogP contribution in [0.1, 0.15) is 21.5 Å². The van der Waals surface area contributed by atoms with Gasteiger partial charge in [0.15, 0.2) is 0 Å². The molecule has 26 heavy (non-hydrogen) atoms. The van der Waals surface area contributed by atoms with Crippen molar-refractivity contribution in [3.05, 3.63) is 88.7 Å². The molecule has 6 nitrogen and oxygen atoms in total. The number of halogens is 1. The highest BCUT2D eigenvalue weighted by Gasteiger charge is 2.08. The molecule has 7 heteroatoms. The van der Waals surface area contributed by atoms with E-state index in [2.05, 4.69) is 16.0 Å². The first-order valence-corrected chi connectivity index (χ1v) is 8.38. The van der Waals surface area contributed by atoms with Gasteiger partial charge in [-0.1, -0.05) is 35.9 Å². The number of hydrazine groups is 1. The van der Waals surface area contributed by atoms with E-state index in [-0.39, 0.29) is 18.2 Å². The second kappa shape index (κ2) is 8.31. The fourth-order valence-electron chi connectivity index (χ4n) is 2.37. The van der Waals surface area contributed by atoms with Gasteiger partial charge >= 0.3 is 0 Å². The molecule has 0 aliphatic heterocycles. The van der Waals surface area contributed by atoms with E-state index in [0.717, 1.165) is 11.1 Å². The lowest BCUT2D eigenvalue weighted by atomic mass is 10.1. The molecule has 1 aromatic heterocycles. The molecule has 3 rings (SSSR count). The number of amides is 2. The highest BCUT2D eigenvalue weighted by atomic mass is 35.5. The van der Waals surface area contributed by atoms with Crippen LogP contribution in [0.15, 0.2) is 67.0 Å². The number of nitrogens with zero attached hydrogens (tertiary/aromatic N) is 2. The summed E-state index contributed by atoms with van der Waals surface area (Å²) in [5.41, 5.74) is 7.12. The minimum Gasteiger partial charge on any atom is -0.273 e. The van der Waals surface area contributed by atoms with Crippen LogP contribution in [0.25, 0.3) is 0 Å². The smallest absolute Gasteiger partial charge is 0.269 e. The summed E-state index contributed by atoms with van der Waals surface area (Å²) in [6, 6.07) is 15.9. The third-order valence-corrected chi connectivity index (χ3v) is 3.97. The molecule has 2 N–H and O–H groups in total. The van der Waals surface area contributed by atoms with Crippen LogP contribution in [0.4, 0.5) is 0 Å². The number of hydrogen-bond acceptors (Lipinski definition) is 3. The highest BCUT2D eigenvalue weighted by molar-refractivity contribution is 6.30. The third-order valence-electron chi connectivity index (χ3n) is 3.71. The molecule has 0 unspecified atom stereocenters. The van der Waals surface area contributed by atoms with E-state index in [0.29, 0.717) is 17.1 Å². The Kier molecular flexibility index (Phi) is 5.66. The Labute approximate surface area is 155 Å². The van der Waals surface area contributed by atoms with Crippen LogP contribution in [0.2, 0.25) is 5.02 Å². The van der Waals surface area contributed by atoms with Crippen molar-refractivity contribution in [1.82, 2.24) is 20.6 Å². The Hall–Kier alpha value is -3.12. The number of rotatable bonds is 5. The third kappa shape index (κ3) is 4.94. The van der Waals surface area contributed by atoms with Gasteiger partial charge < -0.3 is 0 Å². The van der Waals surface area contributed by atoms with Crippen molar-refractivity contribution in [2.24, 2.45) is 0 Å². The highest BCUT2D eigenvalue weighted by Crippen LogP contribution is 2.10. The normalized spacial score (nSPS) is 10.3. The van der Waals surface area contributed by atoms with Crippen molar-refractivity contribution in [3.8, 4) is 0 Å². The molecule has 0 saturated heterocycles. The number of carbonyl (C=O) groups excluding carboxylic acids is 2. The first-order chi connectivity index (χ1) is 12.6. The summed E-state index contributed by atoms with van der Waals surface area (Å²) in [6.45, 7) is 0.632. The van der Waals surface area contributed by atoms with Crippen LogP contribution in [0.3, 0.4) is 0 Å². The number of aromatic nitrogens is 2. The molecule has 0 saturated carbocycles. The first-order valence-electron chi connectivity index (χ1n) is 8.00. The summed E-state index contributed by atoms with van der Waals surface area (Å²) in [5.74, 6) is -0.684. The van der Waals surface area contributed by atoms with E-state index in [1.165, 1.54) is 0 Å². The molecule has 2 amide bonds. The minimum absolute atomic E-state index is 0.153. The van der Waals surface area contributed by atoms with Crippen LogP contribution in [0.5, 0.6) is 0 Å². The Morgan fingerprint density at radius 3 is 2.31 bits per heavy atom. The second-order valence-corrected chi connectivity index (χ2v) is 6.14. The zero-order valence-electron chi connectivity index (χ0n) is 13.9. The van der Waals surface area contributed by atoms with Crippen molar-refractivity contribution in [2.45, 2.75) is 13.0 Å². The van der Waals surface area contributed by atoms with Crippen molar-refractivity contribution < 1.29 is 9.59 Å². The van der Waals surface area contributed by atoms with Gasteiger partial charge in [-0.3, -0.25) is 25.1 Å². The summed E-state index contributed by atoms with van der Waals surface area (Å²) >= 11 is 5.81. The first kappa shape index (κ1) is 17.7. The summed E-state index contributed by atoms with van der Waals surface area (Å²) in [5, 5.41) is 4.75. The lowest BCUT2D eigenvalue weighted by molar-refractivity contribution is -0.121. The summed E-state index contributed by atoms with van der Waals surface area (Å²) in [4.78, 5) is 24.0. The fourth-order valence-corrected chi connectivity index (χ4v) is 2.50. The SMILES string of the molecule is O=C(Cc1ccc(Cl)cc1)NNC(=O)c1ccc(Cn2cccn2)cc1. The molecule has 0 atom stereocenters. The van der Waals surface area contributed by atoms with Crippen LogP contribution in [-0.4, -0.2) is 21.6 Å². The molecule has 0 fully saturated rings. The Morgan fingerprint density at radius 2 is 1.65 bits per heavy atom. The monoisotopic (exact) mass is 368 g/mol. The molecular formula is C19H17ClN4O2. The van der Waals surface area contributed by atoms with Gasteiger partial charge in [0.2, 0.25) is 5.91 Å². The van der Waals surface area contributed by atoms with E-state index in [1.54, 1.807) is 47.3 Å². The number of benzene rings is 2. The topological polar surface area (TPSA) is 76.0 Å². The molecule has 0 radical (unpaired) electrons. The van der Waals surface area contributed by atoms with E-state index >= 15 is 0 Å². The van der Waals surface area contributed by atoms with Gasteiger partial charge in [0.05, 0.1) is 13.0 Å². The zero-order valence-corrected chi connectivity index (χ0v) is 14.6. The van der Waals surface area contributed by atoms with Gasteiger partial charge in [-0.25, -0.2) is 0 Å². The zero-order chi connectivity index (χ0) is 18.4. The van der Waals surface area contributed by atoms with Crippen molar-refractivity contribution in [3.63, 3.8) is 0 Å². The van der Waals surface area contributed by atoms with Gasteiger partial charge in [-0.15, -0.1) is 0 Å². The maximum absolute atomic E-state index is 12.1.